The Morgan fingerprint density at radius 3 is 2.33 bits per heavy atom. The maximum absolute atomic E-state index is 11.9. The van der Waals surface area contributed by atoms with Crippen molar-refractivity contribution in [3.05, 3.63) is 24.0 Å². The Bertz CT molecular complexity index is 531. The molecule has 0 aliphatic heterocycles. The van der Waals surface area contributed by atoms with Crippen molar-refractivity contribution in [3.8, 4) is 5.75 Å². The molecule has 0 radical (unpaired) electrons. The third-order valence-corrected chi connectivity index (χ3v) is 4.34. The minimum absolute atomic E-state index is 0.124. The summed E-state index contributed by atoms with van der Waals surface area (Å²) in [6.07, 6.45) is 13.0. The highest BCUT2D eigenvalue weighted by Gasteiger charge is 2.07. The summed E-state index contributed by atoms with van der Waals surface area (Å²) in [4.78, 5) is 26.5. The first kappa shape index (κ1) is 22.9. The van der Waals surface area contributed by atoms with Gasteiger partial charge in [0, 0.05) is 13.0 Å². The Morgan fingerprint density at radius 1 is 1.00 bits per heavy atom. The number of rotatable bonds is 16. The Balaban J connectivity index is 2.11. The van der Waals surface area contributed by atoms with Gasteiger partial charge in [-0.25, -0.2) is 4.98 Å². The van der Waals surface area contributed by atoms with Gasteiger partial charge >= 0.3 is 5.97 Å². The van der Waals surface area contributed by atoms with E-state index in [0.717, 1.165) is 6.42 Å². The van der Waals surface area contributed by atoms with Gasteiger partial charge in [-0.3, -0.25) is 9.59 Å². The molecule has 0 fully saturated rings. The second-order valence-corrected chi connectivity index (χ2v) is 6.81. The van der Waals surface area contributed by atoms with Crippen LogP contribution in [-0.4, -0.2) is 35.1 Å². The summed E-state index contributed by atoms with van der Waals surface area (Å²) in [6.45, 7) is 3.35. The number of carboxylic acids is 1. The molecule has 0 spiro atoms. The zero-order chi connectivity index (χ0) is 19.7. The van der Waals surface area contributed by atoms with Crippen LogP contribution in [0.15, 0.2) is 18.3 Å². The highest BCUT2D eigenvalue weighted by Crippen LogP contribution is 2.12. The van der Waals surface area contributed by atoms with Gasteiger partial charge in [0.1, 0.15) is 11.4 Å². The largest absolute Gasteiger partial charge is 0.492 e. The topological polar surface area (TPSA) is 88.5 Å². The van der Waals surface area contributed by atoms with Crippen molar-refractivity contribution in [2.24, 2.45) is 0 Å². The molecule has 1 heterocycles. The second-order valence-electron chi connectivity index (χ2n) is 6.81. The molecule has 0 aliphatic rings. The molecular formula is C21H34N2O4. The molecule has 27 heavy (non-hydrogen) atoms. The number of nitrogens with zero attached hydrogens (tertiary/aromatic N) is 1. The number of aliphatic carboxylic acids is 1. The lowest BCUT2D eigenvalue weighted by molar-refractivity contribution is -0.137. The molecule has 2 N–H and O–H groups in total. The summed E-state index contributed by atoms with van der Waals surface area (Å²) < 4.78 is 5.67. The minimum atomic E-state index is -0.814. The van der Waals surface area contributed by atoms with Crippen molar-refractivity contribution in [2.75, 3.05) is 13.2 Å². The van der Waals surface area contributed by atoms with Crippen LogP contribution in [-0.2, 0) is 4.79 Å². The van der Waals surface area contributed by atoms with Crippen molar-refractivity contribution >= 4 is 11.9 Å². The number of amides is 1. The van der Waals surface area contributed by atoms with Crippen molar-refractivity contribution in [1.82, 2.24) is 10.3 Å². The molecule has 1 rings (SSSR count). The zero-order valence-electron chi connectivity index (χ0n) is 16.5. The fourth-order valence-electron chi connectivity index (χ4n) is 2.72. The van der Waals surface area contributed by atoms with Gasteiger partial charge < -0.3 is 15.2 Å². The van der Waals surface area contributed by atoms with E-state index in [1.54, 1.807) is 18.3 Å². The maximum Gasteiger partial charge on any atom is 0.303 e. The minimum Gasteiger partial charge on any atom is -0.492 e. The molecule has 0 aromatic carbocycles. The molecule has 0 saturated carbocycles. The van der Waals surface area contributed by atoms with Gasteiger partial charge in [-0.05, 0) is 31.4 Å². The van der Waals surface area contributed by atoms with E-state index in [1.165, 1.54) is 44.9 Å². The number of nitrogens with one attached hydrogen (secondary N) is 1. The summed E-state index contributed by atoms with van der Waals surface area (Å²) in [5.41, 5.74) is 0.340. The normalized spacial score (nSPS) is 10.6. The van der Waals surface area contributed by atoms with Crippen LogP contribution in [0, 0.1) is 0 Å². The van der Waals surface area contributed by atoms with Crippen molar-refractivity contribution in [1.29, 1.82) is 0 Å². The number of hydrogen-bond donors (Lipinski definition) is 2. The van der Waals surface area contributed by atoms with E-state index in [0.29, 0.717) is 37.4 Å². The summed E-state index contributed by atoms with van der Waals surface area (Å²) in [5, 5.41) is 11.3. The van der Waals surface area contributed by atoms with Crippen LogP contribution < -0.4 is 10.1 Å². The van der Waals surface area contributed by atoms with E-state index in [9.17, 15) is 9.59 Å². The van der Waals surface area contributed by atoms with Gasteiger partial charge in [-0.2, -0.15) is 0 Å². The molecule has 0 unspecified atom stereocenters. The van der Waals surface area contributed by atoms with Gasteiger partial charge in [0.15, 0.2) is 0 Å². The molecule has 1 aromatic heterocycles. The number of carboxylic acid groups (broad SMARTS) is 1. The number of unbranched alkanes of at least 4 members (excludes halogenated alkanes) is 8. The highest BCUT2D eigenvalue weighted by atomic mass is 16.5. The zero-order valence-corrected chi connectivity index (χ0v) is 16.5. The number of carbonyl (C=O) groups is 2. The van der Waals surface area contributed by atoms with E-state index in [1.807, 2.05) is 0 Å². The Labute approximate surface area is 162 Å². The Kier molecular flexibility index (Phi) is 12.7. The summed E-state index contributed by atoms with van der Waals surface area (Å²) in [6, 6.07) is 3.41. The van der Waals surface area contributed by atoms with E-state index >= 15 is 0 Å². The van der Waals surface area contributed by atoms with Gasteiger partial charge in [0.05, 0.1) is 12.8 Å². The first-order chi connectivity index (χ1) is 13.1. The molecule has 0 aliphatic carbocycles. The van der Waals surface area contributed by atoms with E-state index < -0.39 is 5.97 Å². The lowest BCUT2D eigenvalue weighted by Crippen LogP contribution is -2.25. The van der Waals surface area contributed by atoms with Gasteiger partial charge in [-0.15, -0.1) is 0 Å². The fraction of sp³-hybridized carbons (Fsp3) is 0.667. The molecule has 1 aromatic rings. The van der Waals surface area contributed by atoms with Crippen molar-refractivity contribution in [3.63, 3.8) is 0 Å². The number of ether oxygens (including phenoxy) is 1. The maximum atomic E-state index is 11.9. The first-order valence-electron chi connectivity index (χ1n) is 10.2. The smallest absolute Gasteiger partial charge is 0.303 e. The van der Waals surface area contributed by atoms with Crippen LogP contribution in [0.5, 0.6) is 5.75 Å². The van der Waals surface area contributed by atoms with E-state index in [2.05, 4.69) is 17.2 Å². The van der Waals surface area contributed by atoms with Crippen LogP contribution in [0.3, 0.4) is 0 Å². The van der Waals surface area contributed by atoms with Crippen LogP contribution in [0.4, 0.5) is 0 Å². The highest BCUT2D eigenvalue weighted by molar-refractivity contribution is 5.92. The van der Waals surface area contributed by atoms with Gasteiger partial charge in [0.2, 0.25) is 0 Å². The Morgan fingerprint density at radius 2 is 1.70 bits per heavy atom. The predicted octanol–water partition coefficient (Wildman–Crippen LogP) is 4.59. The lowest BCUT2D eigenvalue weighted by atomic mass is 10.1. The van der Waals surface area contributed by atoms with Crippen LogP contribution in [0.1, 0.15) is 88.0 Å². The van der Waals surface area contributed by atoms with Crippen molar-refractivity contribution < 1.29 is 19.4 Å². The monoisotopic (exact) mass is 378 g/mol. The van der Waals surface area contributed by atoms with Crippen LogP contribution in [0.2, 0.25) is 0 Å². The van der Waals surface area contributed by atoms with Crippen LogP contribution >= 0.6 is 0 Å². The molecule has 0 saturated heterocycles. The Hall–Kier alpha value is -2.11. The quantitative estimate of drug-likeness (QED) is 0.411. The van der Waals surface area contributed by atoms with E-state index in [4.69, 9.17) is 9.84 Å². The number of hydrogen-bond acceptors (Lipinski definition) is 4. The second kappa shape index (κ2) is 15.0. The fourth-order valence-corrected chi connectivity index (χ4v) is 2.72. The molecule has 6 nitrogen and oxygen atoms in total. The van der Waals surface area contributed by atoms with E-state index in [-0.39, 0.29) is 12.3 Å². The molecular weight excluding hydrogens is 344 g/mol. The summed E-state index contributed by atoms with van der Waals surface area (Å²) in [5.74, 6) is -0.388. The number of pyridine rings is 1. The molecule has 0 bridgehead atoms. The summed E-state index contributed by atoms with van der Waals surface area (Å²) in [7, 11) is 0. The average Bonchev–Trinajstić information content (AvgIpc) is 2.66. The van der Waals surface area contributed by atoms with Crippen LogP contribution in [0.25, 0.3) is 0 Å². The van der Waals surface area contributed by atoms with Gasteiger partial charge in [-0.1, -0.05) is 51.9 Å². The van der Waals surface area contributed by atoms with Gasteiger partial charge in [0.25, 0.3) is 5.91 Å². The third kappa shape index (κ3) is 12.0. The number of aromatic nitrogens is 1. The molecule has 152 valence electrons. The average molecular weight is 379 g/mol. The third-order valence-electron chi connectivity index (χ3n) is 4.34. The molecule has 0 atom stereocenters. The standard InChI is InChI=1S/C21H34N2O4/c1-2-3-4-5-6-7-8-11-16-27-18-13-14-19(23-17-18)21(26)22-15-10-9-12-20(24)25/h13-14,17H,2-12,15-16H2,1H3,(H,22,26)(H,24,25). The first-order valence-corrected chi connectivity index (χ1v) is 10.2. The SMILES string of the molecule is CCCCCCCCCCOc1ccc(C(=O)NCCCCC(=O)O)nc1. The molecule has 1 amide bonds. The predicted molar refractivity (Wildman–Crippen MR) is 106 cm³/mol. The summed E-state index contributed by atoms with van der Waals surface area (Å²) >= 11 is 0. The lowest BCUT2D eigenvalue weighted by Gasteiger charge is -2.07. The van der Waals surface area contributed by atoms with Crippen molar-refractivity contribution in [2.45, 2.75) is 77.6 Å². The molecule has 6 heteroatoms. The number of carbonyl (C=O) groups excluding carboxylic acids is 1.